The highest BCUT2D eigenvalue weighted by Gasteiger charge is 2.39. The molecule has 0 unspecified atom stereocenters. The Morgan fingerprint density at radius 1 is 1.03 bits per heavy atom. The summed E-state index contributed by atoms with van der Waals surface area (Å²) in [5.41, 5.74) is 1.88. The van der Waals surface area contributed by atoms with E-state index in [0.717, 1.165) is 11.8 Å². The fourth-order valence-electron chi connectivity index (χ4n) is 4.35. The van der Waals surface area contributed by atoms with Gasteiger partial charge in [0.25, 0.3) is 5.91 Å². The maximum atomic E-state index is 14.1. The van der Waals surface area contributed by atoms with Crippen molar-refractivity contribution in [2.24, 2.45) is 0 Å². The standard InChI is InChI=1S/C23H26FN3O4S/c1-32(30,31)15-10-21(27-16-17-6-2-3-7-18(17)22(27)28)23(29)26-13-11-25(12-14-26)20-9-5-4-8-19(20)24/h2-9,21H,10-16H2,1H3/t21-/m1/s1. The number of hydrogen-bond donors (Lipinski definition) is 0. The number of para-hydroxylation sites is 1. The number of sulfone groups is 1. The molecule has 2 aliphatic rings. The summed E-state index contributed by atoms with van der Waals surface area (Å²) >= 11 is 0. The Balaban J connectivity index is 1.50. The summed E-state index contributed by atoms with van der Waals surface area (Å²) in [6, 6.07) is 12.8. The van der Waals surface area contributed by atoms with Crippen LogP contribution in [-0.4, -0.2) is 74.3 Å². The van der Waals surface area contributed by atoms with Crippen LogP contribution in [0.15, 0.2) is 48.5 Å². The van der Waals surface area contributed by atoms with Crippen molar-refractivity contribution < 1.29 is 22.4 Å². The van der Waals surface area contributed by atoms with Gasteiger partial charge in [0.1, 0.15) is 21.7 Å². The Hall–Kier alpha value is -2.94. The van der Waals surface area contributed by atoms with Gasteiger partial charge in [-0.2, -0.15) is 0 Å². The number of carbonyl (C=O) groups is 2. The summed E-state index contributed by atoms with van der Waals surface area (Å²) < 4.78 is 37.7. The van der Waals surface area contributed by atoms with Gasteiger partial charge in [-0.15, -0.1) is 0 Å². The third-order valence-corrected chi connectivity index (χ3v) is 7.03. The molecule has 0 N–H and O–H groups in total. The van der Waals surface area contributed by atoms with E-state index in [1.54, 1.807) is 35.2 Å². The van der Waals surface area contributed by atoms with Gasteiger partial charge in [-0.05, 0) is 30.2 Å². The number of halogens is 1. The second-order valence-electron chi connectivity index (χ2n) is 8.29. The zero-order valence-electron chi connectivity index (χ0n) is 17.9. The average molecular weight is 460 g/mol. The number of fused-ring (bicyclic) bond motifs is 1. The topological polar surface area (TPSA) is 78.0 Å². The zero-order valence-corrected chi connectivity index (χ0v) is 18.7. The third-order valence-electron chi connectivity index (χ3n) is 6.06. The van der Waals surface area contributed by atoms with E-state index in [9.17, 15) is 22.4 Å². The van der Waals surface area contributed by atoms with Crippen molar-refractivity contribution in [1.29, 1.82) is 0 Å². The van der Waals surface area contributed by atoms with E-state index in [1.807, 2.05) is 17.0 Å². The van der Waals surface area contributed by atoms with Crippen LogP contribution in [0.1, 0.15) is 22.3 Å². The first-order chi connectivity index (χ1) is 15.2. The van der Waals surface area contributed by atoms with Crippen molar-refractivity contribution in [2.45, 2.75) is 19.0 Å². The van der Waals surface area contributed by atoms with Crippen LogP contribution in [0.5, 0.6) is 0 Å². The molecule has 32 heavy (non-hydrogen) atoms. The molecule has 0 spiro atoms. The number of amides is 2. The lowest BCUT2D eigenvalue weighted by Gasteiger charge is -2.39. The van der Waals surface area contributed by atoms with Crippen molar-refractivity contribution in [3.63, 3.8) is 0 Å². The SMILES string of the molecule is CS(=O)(=O)CC[C@H](C(=O)N1CCN(c2ccccc2F)CC1)N1Cc2ccccc2C1=O. The maximum absolute atomic E-state index is 14.1. The Bertz CT molecular complexity index is 1130. The first kappa shape index (κ1) is 22.3. The predicted octanol–water partition coefficient (Wildman–Crippen LogP) is 1.93. The summed E-state index contributed by atoms with van der Waals surface area (Å²) in [6.45, 7) is 1.94. The fraction of sp³-hybridized carbons (Fsp3) is 0.391. The predicted molar refractivity (Wildman–Crippen MR) is 120 cm³/mol. The van der Waals surface area contributed by atoms with E-state index in [2.05, 4.69) is 0 Å². The minimum absolute atomic E-state index is 0.0466. The number of anilines is 1. The maximum Gasteiger partial charge on any atom is 0.255 e. The quantitative estimate of drug-likeness (QED) is 0.660. The molecule has 0 bridgehead atoms. The van der Waals surface area contributed by atoms with Crippen LogP contribution in [0.25, 0.3) is 0 Å². The van der Waals surface area contributed by atoms with Crippen LogP contribution in [0, 0.1) is 5.82 Å². The molecule has 2 amide bonds. The van der Waals surface area contributed by atoms with Gasteiger partial charge >= 0.3 is 0 Å². The van der Waals surface area contributed by atoms with E-state index in [4.69, 9.17) is 0 Å². The number of nitrogens with zero attached hydrogens (tertiary/aromatic N) is 3. The van der Waals surface area contributed by atoms with Crippen LogP contribution >= 0.6 is 0 Å². The van der Waals surface area contributed by atoms with E-state index in [0.29, 0.717) is 37.4 Å². The Kier molecular flexibility index (Phi) is 6.19. The number of rotatable bonds is 6. The number of carbonyl (C=O) groups excluding carboxylic acids is 2. The van der Waals surface area contributed by atoms with Gasteiger partial charge in [-0.25, -0.2) is 12.8 Å². The molecule has 2 aromatic rings. The molecule has 7 nitrogen and oxygen atoms in total. The van der Waals surface area contributed by atoms with Gasteiger partial charge < -0.3 is 14.7 Å². The van der Waals surface area contributed by atoms with E-state index in [-0.39, 0.29) is 36.4 Å². The van der Waals surface area contributed by atoms with Gasteiger partial charge in [-0.1, -0.05) is 30.3 Å². The van der Waals surface area contributed by atoms with E-state index >= 15 is 0 Å². The summed E-state index contributed by atoms with van der Waals surface area (Å²) in [5.74, 6) is -1.00. The molecule has 2 aliphatic heterocycles. The highest BCUT2D eigenvalue weighted by Crippen LogP contribution is 2.27. The van der Waals surface area contributed by atoms with Crippen LogP contribution in [0.2, 0.25) is 0 Å². The molecule has 4 rings (SSSR count). The molecule has 9 heteroatoms. The molecule has 2 aromatic carbocycles. The summed E-state index contributed by atoms with van der Waals surface area (Å²) in [7, 11) is -3.31. The lowest BCUT2D eigenvalue weighted by Crippen LogP contribution is -2.55. The molecule has 0 saturated carbocycles. The van der Waals surface area contributed by atoms with Crippen LogP contribution < -0.4 is 4.90 Å². The van der Waals surface area contributed by atoms with Gasteiger partial charge in [0.15, 0.2) is 0 Å². The van der Waals surface area contributed by atoms with Crippen LogP contribution in [0.3, 0.4) is 0 Å². The summed E-state index contributed by atoms with van der Waals surface area (Å²) in [4.78, 5) is 31.5. The minimum atomic E-state index is -3.31. The van der Waals surface area contributed by atoms with Crippen molar-refractivity contribution >= 4 is 27.3 Å². The number of piperazine rings is 1. The highest BCUT2D eigenvalue weighted by molar-refractivity contribution is 7.90. The van der Waals surface area contributed by atoms with Gasteiger partial charge in [0.2, 0.25) is 5.91 Å². The lowest BCUT2D eigenvalue weighted by atomic mass is 10.1. The van der Waals surface area contributed by atoms with Crippen LogP contribution in [0.4, 0.5) is 10.1 Å². The first-order valence-electron chi connectivity index (χ1n) is 10.6. The third kappa shape index (κ3) is 4.62. The van der Waals surface area contributed by atoms with Gasteiger partial charge in [0.05, 0.1) is 11.4 Å². The van der Waals surface area contributed by atoms with Crippen molar-refractivity contribution in [2.75, 3.05) is 43.1 Å². The lowest BCUT2D eigenvalue weighted by molar-refractivity contribution is -0.136. The summed E-state index contributed by atoms with van der Waals surface area (Å²) in [6.07, 6.45) is 1.17. The Morgan fingerprint density at radius 2 is 1.69 bits per heavy atom. The van der Waals surface area contributed by atoms with Gasteiger partial charge in [0, 0.05) is 44.5 Å². The molecule has 170 valence electrons. The second-order valence-corrected chi connectivity index (χ2v) is 10.5. The molecular weight excluding hydrogens is 433 g/mol. The number of hydrogen-bond acceptors (Lipinski definition) is 5. The molecule has 2 heterocycles. The molecule has 0 aromatic heterocycles. The minimum Gasteiger partial charge on any atom is -0.366 e. The van der Waals surface area contributed by atoms with Crippen molar-refractivity contribution in [3.8, 4) is 0 Å². The Morgan fingerprint density at radius 3 is 2.34 bits per heavy atom. The van der Waals surface area contributed by atoms with E-state index < -0.39 is 15.9 Å². The molecular formula is C23H26FN3O4S. The first-order valence-corrected chi connectivity index (χ1v) is 12.7. The Labute approximate surface area is 187 Å². The largest absolute Gasteiger partial charge is 0.366 e. The monoisotopic (exact) mass is 459 g/mol. The molecule has 1 saturated heterocycles. The smallest absolute Gasteiger partial charge is 0.255 e. The van der Waals surface area contributed by atoms with Crippen molar-refractivity contribution in [3.05, 3.63) is 65.5 Å². The van der Waals surface area contributed by atoms with Crippen LogP contribution in [-0.2, 0) is 21.2 Å². The molecule has 0 radical (unpaired) electrons. The molecule has 1 atom stereocenters. The number of benzene rings is 2. The zero-order chi connectivity index (χ0) is 22.9. The summed E-state index contributed by atoms with van der Waals surface area (Å²) in [5, 5.41) is 0. The average Bonchev–Trinajstić information content (AvgIpc) is 3.10. The fourth-order valence-corrected chi connectivity index (χ4v) is 5.01. The molecule has 0 aliphatic carbocycles. The molecule has 1 fully saturated rings. The van der Waals surface area contributed by atoms with E-state index in [1.165, 1.54) is 11.0 Å². The second kappa shape index (κ2) is 8.90. The van der Waals surface area contributed by atoms with Gasteiger partial charge in [-0.3, -0.25) is 9.59 Å². The van der Waals surface area contributed by atoms with Crippen molar-refractivity contribution in [1.82, 2.24) is 9.80 Å². The highest BCUT2D eigenvalue weighted by atomic mass is 32.2. The normalized spacial score (nSPS) is 17.4.